The molecule has 1 aromatic carbocycles. The summed E-state index contributed by atoms with van der Waals surface area (Å²) in [7, 11) is 1.85. The zero-order valence-corrected chi connectivity index (χ0v) is 17.4. The smallest absolute Gasteiger partial charge is 0.252 e. The number of nitrogens with one attached hydrogen (secondary N) is 2. The quantitative estimate of drug-likeness (QED) is 0.548. The van der Waals surface area contributed by atoms with Gasteiger partial charge in [-0.25, -0.2) is 9.97 Å². The number of amides is 1. The second kappa shape index (κ2) is 10.7. The molecule has 30 heavy (non-hydrogen) atoms. The van der Waals surface area contributed by atoms with E-state index in [1.165, 1.54) is 0 Å². The fourth-order valence-electron chi connectivity index (χ4n) is 2.61. The van der Waals surface area contributed by atoms with Crippen LogP contribution in [0.2, 0.25) is 0 Å². The molecule has 156 valence electrons. The number of aryl methyl sites for hydroxylation is 1. The molecule has 2 aromatic rings. The number of carbonyl (C=O) groups is 1. The summed E-state index contributed by atoms with van der Waals surface area (Å²) < 4.78 is 0. The van der Waals surface area contributed by atoms with Crippen molar-refractivity contribution in [3.8, 4) is 17.3 Å². The molecular formula is C22H26N6O2. The van der Waals surface area contributed by atoms with E-state index in [0.29, 0.717) is 23.8 Å². The summed E-state index contributed by atoms with van der Waals surface area (Å²) in [5.74, 6) is 0.105. The van der Waals surface area contributed by atoms with Gasteiger partial charge in [-0.05, 0) is 37.6 Å². The van der Waals surface area contributed by atoms with Crippen molar-refractivity contribution in [3.63, 3.8) is 0 Å². The number of allylic oxidation sites excluding steroid dienone is 1. The Morgan fingerprint density at radius 3 is 2.70 bits per heavy atom. The summed E-state index contributed by atoms with van der Waals surface area (Å²) >= 11 is 0. The fourth-order valence-corrected chi connectivity index (χ4v) is 2.61. The molecule has 0 spiro atoms. The van der Waals surface area contributed by atoms with E-state index in [0.717, 1.165) is 16.8 Å². The number of hydrogen-bond acceptors (Lipinski definition) is 7. The van der Waals surface area contributed by atoms with Crippen LogP contribution in [-0.4, -0.2) is 52.1 Å². The molecule has 0 saturated heterocycles. The maximum absolute atomic E-state index is 12.1. The molecule has 0 aliphatic carbocycles. The summed E-state index contributed by atoms with van der Waals surface area (Å²) in [5, 5.41) is 23.6. The number of anilines is 1. The first-order valence-electron chi connectivity index (χ1n) is 9.44. The molecule has 2 rings (SSSR count). The standard InChI is InChI=1S/C22H26N6O2/c1-5-19(14-28(4)10-11-29)26-22-24-13-15(2)20(27-22)17-6-8-18(9-7-17)21(30)25-16(3)12-23/h5-9,13-14,16,29H,1,10-11H2,2-4H3,(H,25,30)(H,24,26,27)/b19-14+/t16-/m0/s1. The van der Waals surface area contributed by atoms with Crippen molar-refractivity contribution in [2.45, 2.75) is 19.9 Å². The minimum absolute atomic E-state index is 0.0477. The second-order valence-electron chi connectivity index (χ2n) is 6.74. The first kappa shape index (κ1) is 22.6. The summed E-state index contributed by atoms with van der Waals surface area (Å²) in [6, 6.07) is 8.43. The van der Waals surface area contributed by atoms with Crippen LogP contribution < -0.4 is 10.6 Å². The third-order valence-corrected chi connectivity index (χ3v) is 4.22. The highest BCUT2D eigenvalue weighted by atomic mass is 16.3. The molecule has 0 fully saturated rings. The van der Waals surface area contributed by atoms with Crippen molar-refractivity contribution in [1.29, 1.82) is 5.26 Å². The third-order valence-electron chi connectivity index (χ3n) is 4.22. The average Bonchev–Trinajstić information content (AvgIpc) is 2.74. The summed E-state index contributed by atoms with van der Waals surface area (Å²) in [5.41, 5.74) is 3.62. The molecule has 0 bridgehead atoms. The van der Waals surface area contributed by atoms with Gasteiger partial charge < -0.3 is 20.6 Å². The zero-order valence-electron chi connectivity index (χ0n) is 17.4. The van der Waals surface area contributed by atoms with Crippen LogP contribution in [0.1, 0.15) is 22.8 Å². The number of aliphatic hydroxyl groups excluding tert-OH is 1. The Morgan fingerprint density at radius 2 is 2.10 bits per heavy atom. The van der Waals surface area contributed by atoms with Gasteiger partial charge in [-0.1, -0.05) is 18.7 Å². The molecule has 0 unspecified atom stereocenters. The number of aliphatic hydroxyl groups is 1. The molecule has 0 saturated carbocycles. The van der Waals surface area contributed by atoms with Gasteiger partial charge in [0.15, 0.2) is 0 Å². The normalized spacial score (nSPS) is 11.9. The lowest BCUT2D eigenvalue weighted by Gasteiger charge is -2.15. The lowest BCUT2D eigenvalue weighted by Crippen LogP contribution is -2.31. The van der Waals surface area contributed by atoms with Crippen LogP contribution in [0.4, 0.5) is 5.95 Å². The van der Waals surface area contributed by atoms with Crippen molar-refractivity contribution in [2.24, 2.45) is 0 Å². The Labute approximate surface area is 176 Å². The van der Waals surface area contributed by atoms with Crippen LogP contribution in [0.15, 0.2) is 55.0 Å². The highest BCUT2D eigenvalue weighted by molar-refractivity contribution is 5.95. The monoisotopic (exact) mass is 406 g/mol. The van der Waals surface area contributed by atoms with Crippen LogP contribution >= 0.6 is 0 Å². The number of aromatic nitrogens is 2. The van der Waals surface area contributed by atoms with Crippen LogP contribution in [-0.2, 0) is 0 Å². The van der Waals surface area contributed by atoms with Crippen LogP contribution in [0.3, 0.4) is 0 Å². The minimum atomic E-state index is -0.557. The lowest BCUT2D eigenvalue weighted by molar-refractivity contribution is 0.0948. The highest BCUT2D eigenvalue weighted by Gasteiger charge is 2.11. The number of rotatable bonds is 9. The van der Waals surface area contributed by atoms with E-state index < -0.39 is 6.04 Å². The molecular weight excluding hydrogens is 380 g/mol. The Balaban J connectivity index is 2.23. The van der Waals surface area contributed by atoms with Crippen molar-refractivity contribution >= 4 is 11.9 Å². The van der Waals surface area contributed by atoms with Crippen LogP contribution in [0, 0.1) is 18.3 Å². The highest BCUT2D eigenvalue weighted by Crippen LogP contribution is 2.23. The Morgan fingerprint density at radius 1 is 1.40 bits per heavy atom. The van der Waals surface area contributed by atoms with Crippen molar-refractivity contribution in [3.05, 3.63) is 66.1 Å². The number of nitrogens with zero attached hydrogens (tertiary/aromatic N) is 4. The van der Waals surface area contributed by atoms with Crippen LogP contribution in [0.5, 0.6) is 0 Å². The average molecular weight is 406 g/mol. The van der Waals surface area contributed by atoms with Gasteiger partial charge in [0.25, 0.3) is 5.91 Å². The maximum Gasteiger partial charge on any atom is 0.252 e. The molecule has 3 N–H and O–H groups in total. The number of nitriles is 1. The Kier molecular flexibility index (Phi) is 8.08. The van der Waals surface area contributed by atoms with Crippen LogP contribution in [0.25, 0.3) is 11.3 Å². The van der Waals surface area contributed by atoms with Gasteiger partial charge in [-0.15, -0.1) is 0 Å². The Hall–Kier alpha value is -3.70. The lowest BCUT2D eigenvalue weighted by atomic mass is 10.1. The predicted molar refractivity (Wildman–Crippen MR) is 116 cm³/mol. The third kappa shape index (κ3) is 6.15. The van der Waals surface area contributed by atoms with Gasteiger partial charge in [-0.2, -0.15) is 5.26 Å². The van der Waals surface area contributed by atoms with E-state index in [1.54, 1.807) is 31.3 Å². The molecule has 8 nitrogen and oxygen atoms in total. The second-order valence-corrected chi connectivity index (χ2v) is 6.74. The topological polar surface area (TPSA) is 114 Å². The van der Waals surface area contributed by atoms with Gasteiger partial charge in [0, 0.05) is 37.1 Å². The van der Waals surface area contributed by atoms with E-state index >= 15 is 0 Å². The van der Waals surface area contributed by atoms with Gasteiger partial charge in [0.05, 0.1) is 24.1 Å². The van der Waals surface area contributed by atoms with E-state index in [4.69, 9.17) is 10.4 Å². The van der Waals surface area contributed by atoms with Gasteiger partial charge >= 0.3 is 0 Å². The first-order chi connectivity index (χ1) is 14.4. The molecule has 1 atom stereocenters. The fraction of sp³-hybridized carbons (Fsp3) is 0.273. The van der Waals surface area contributed by atoms with Crippen molar-refractivity contribution in [2.75, 3.05) is 25.5 Å². The number of likely N-dealkylation sites (N-methyl/N-ethyl adjacent to an activating group) is 1. The van der Waals surface area contributed by atoms with Crippen molar-refractivity contribution in [1.82, 2.24) is 20.2 Å². The maximum atomic E-state index is 12.1. The summed E-state index contributed by atoms with van der Waals surface area (Å²) in [6.45, 7) is 7.86. The molecule has 0 radical (unpaired) electrons. The number of hydrogen-bond donors (Lipinski definition) is 3. The summed E-state index contributed by atoms with van der Waals surface area (Å²) in [6.07, 6.45) is 5.17. The van der Waals surface area contributed by atoms with E-state index in [-0.39, 0.29) is 12.5 Å². The molecule has 8 heteroatoms. The molecule has 1 heterocycles. The molecule has 0 aliphatic rings. The molecule has 0 aliphatic heterocycles. The zero-order chi connectivity index (χ0) is 22.1. The number of carbonyl (C=O) groups excluding carboxylic acids is 1. The summed E-state index contributed by atoms with van der Waals surface area (Å²) in [4.78, 5) is 22.9. The minimum Gasteiger partial charge on any atom is -0.395 e. The van der Waals surface area contributed by atoms with Gasteiger partial charge in [-0.3, -0.25) is 4.79 Å². The van der Waals surface area contributed by atoms with Crippen molar-refractivity contribution < 1.29 is 9.90 Å². The van der Waals surface area contributed by atoms with E-state index in [2.05, 4.69) is 27.2 Å². The van der Waals surface area contributed by atoms with Gasteiger partial charge in [0.2, 0.25) is 5.95 Å². The van der Waals surface area contributed by atoms with E-state index in [1.807, 2.05) is 43.3 Å². The van der Waals surface area contributed by atoms with E-state index in [9.17, 15) is 4.79 Å². The molecule has 1 amide bonds. The molecule has 1 aromatic heterocycles. The predicted octanol–water partition coefficient (Wildman–Crippen LogP) is 2.46. The van der Waals surface area contributed by atoms with Gasteiger partial charge in [0.1, 0.15) is 6.04 Å². The first-order valence-corrected chi connectivity index (χ1v) is 9.44. The SMILES string of the molecule is C=C/C(=C\N(C)CCO)Nc1ncc(C)c(-c2ccc(C(=O)N[C@@H](C)C#N)cc2)n1. The largest absolute Gasteiger partial charge is 0.395 e. The number of benzene rings is 1. The Bertz CT molecular complexity index is 963.